The number of benzene rings is 1. The van der Waals surface area contributed by atoms with Gasteiger partial charge in [0, 0.05) is 0 Å². The van der Waals surface area contributed by atoms with Crippen LogP contribution in [0.2, 0.25) is 0 Å². The van der Waals surface area contributed by atoms with Crippen LogP contribution in [0, 0.1) is 13.8 Å². The molecular formula is C13H15N3O2S. The monoisotopic (exact) mass is 277 g/mol. The van der Waals surface area contributed by atoms with E-state index in [2.05, 4.69) is 15.5 Å². The summed E-state index contributed by atoms with van der Waals surface area (Å²) in [7, 11) is 0. The highest BCUT2D eigenvalue weighted by atomic mass is 32.1. The van der Waals surface area contributed by atoms with Gasteiger partial charge in [-0.05, 0) is 32.4 Å². The molecule has 19 heavy (non-hydrogen) atoms. The molecule has 1 aromatic carbocycles. The number of amides is 1. The Balaban J connectivity index is 1.98. The molecule has 2 aromatic rings. The molecule has 5 nitrogen and oxygen atoms in total. The maximum Gasteiger partial charge on any atom is 0.266 e. The van der Waals surface area contributed by atoms with Crippen LogP contribution in [0.25, 0.3) is 0 Å². The normalized spacial score (nSPS) is 11.9. The Hall–Kier alpha value is -1.95. The van der Waals surface area contributed by atoms with Gasteiger partial charge >= 0.3 is 0 Å². The molecule has 1 atom stereocenters. The van der Waals surface area contributed by atoms with E-state index in [9.17, 15) is 4.79 Å². The molecule has 0 aliphatic rings. The van der Waals surface area contributed by atoms with Gasteiger partial charge in [0.25, 0.3) is 5.91 Å². The lowest BCUT2D eigenvalue weighted by molar-refractivity contribution is -0.122. The van der Waals surface area contributed by atoms with Crippen molar-refractivity contribution in [3.05, 3.63) is 34.8 Å². The van der Waals surface area contributed by atoms with E-state index in [-0.39, 0.29) is 5.91 Å². The third kappa shape index (κ3) is 3.51. The second-order valence-electron chi connectivity index (χ2n) is 4.14. The van der Waals surface area contributed by atoms with Gasteiger partial charge < -0.3 is 4.74 Å². The zero-order valence-corrected chi connectivity index (χ0v) is 11.8. The average molecular weight is 277 g/mol. The smallest absolute Gasteiger partial charge is 0.266 e. The van der Waals surface area contributed by atoms with Crippen molar-refractivity contribution < 1.29 is 9.53 Å². The van der Waals surface area contributed by atoms with E-state index >= 15 is 0 Å². The molecule has 1 aromatic heterocycles. The summed E-state index contributed by atoms with van der Waals surface area (Å²) in [5.41, 5.74) is 0.994. The summed E-state index contributed by atoms with van der Waals surface area (Å²) >= 11 is 1.33. The van der Waals surface area contributed by atoms with Gasteiger partial charge in [-0.15, -0.1) is 10.2 Å². The third-order valence-electron chi connectivity index (χ3n) is 2.52. The second-order valence-corrected chi connectivity index (χ2v) is 5.32. The van der Waals surface area contributed by atoms with Gasteiger partial charge in [-0.3, -0.25) is 10.1 Å². The van der Waals surface area contributed by atoms with Crippen molar-refractivity contribution in [1.82, 2.24) is 10.2 Å². The molecule has 1 N–H and O–H groups in total. The number of para-hydroxylation sites is 1. The molecule has 0 fully saturated rings. The zero-order valence-electron chi connectivity index (χ0n) is 11.0. The van der Waals surface area contributed by atoms with Crippen molar-refractivity contribution in [3.63, 3.8) is 0 Å². The van der Waals surface area contributed by atoms with Crippen LogP contribution in [-0.2, 0) is 4.79 Å². The Bertz CT molecular complexity index is 583. The number of hydrogen-bond donors (Lipinski definition) is 1. The van der Waals surface area contributed by atoms with Crippen molar-refractivity contribution in [3.8, 4) is 5.75 Å². The molecule has 0 saturated carbocycles. The first-order valence-electron chi connectivity index (χ1n) is 5.89. The van der Waals surface area contributed by atoms with E-state index in [1.165, 1.54) is 11.3 Å². The fourth-order valence-electron chi connectivity index (χ4n) is 1.49. The van der Waals surface area contributed by atoms with E-state index in [1.807, 2.05) is 38.1 Å². The highest BCUT2D eigenvalue weighted by molar-refractivity contribution is 7.15. The Morgan fingerprint density at radius 1 is 1.32 bits per heavy atom. The van der Waals surface area contributed by atoms with Crippen molar-refractivity contribution in [2.24, 2.45) is 0 Å². The molecule has 0 saturated heterocycles. The van der Waals surface area contributed by atoms with Crippen molar-refractivity contribution in [2.75, 3.05) is 5.32 Å². The minimum absolute atomic E-state index is 0.237. The van der Waals surface area contributed by atoms with E-state index in [4.69, 9.17) is 4.74 Å². The standard InChI is InChI=1S/C13H15N3O2S/c1-8-6-4-5-7-11(8)18-9(2)12(17)14-13-16-15-10(3)19-13/h4-7,9H,1-3H3,(H,14,16,17). The number of carbonyl (C=O) groups is 1. The van der Waals surface area contributed by atoms with Gasteiger partial charge in [0.1, 0.15) is 10.8 Å². The summed E-state index contributed by atoms with van der Waals surface area (Å²) in [6.07, 6.45) is -0.592. The third-order valence-corrected chi connectivity index (χ3v) is 3.28. The fourth-order valence-corrected chi connectivity index (χ4v) is 2.08. The van der Waals surface area contributed by atoms with Gasteiger partial charge in [-0.2, -0.15) is 0 Å². The van der Waals surface area contributed by atoms with Crippen LogP contribution in [0.1, 0.15) is 17.5 Å². The summed E-state index contributed by atoms with van der Waals surface area (Å²) in [6.45, 7) is 5.48. The molecule has 0 spiro atoms. The predicted molar refractivity (Wildman–Crippen MR) is 74.5 cm³/mol. The van der Waals surface area contributed by atoms with E-state index < -0.39 is 6.10 Å². The Morgan fingerprint density at radius 3 is 2.68 bits per heavy atom. The quantitative estimate of drug-likeness (QED) is 0.932. The first-order valence-corrected chi connectivity index (χ1v) is 6.71. The molecule has 0 bridgehead atoms. The summed E-state index contributed by atoms with van der Waals surface area (Å²) < 4.78 is 5.63. The Morgan fingerprint density at radius 2 is 2.05 bits per heavy atom. The minimum atomic E-state index is -0.592. The van der Waals surface area contributed by atoms with Crippen LogP contribution >= 0.6 is 11.3 Å². The summed E-state index contributed by atoms with van der Waals surface area (Å²) in [5, 5.41) is 11.7. The van der Waals surface area contributed by atoms with Gasteiger partial charge in [-0.25, -0.2) is 0 Å². The SMILES string of the molecule is Cc1nnc(NC(=O)C(C)Oc2ccccc2C)s1. The highest BCUT2D eigenvalue weighted by Crippen LogP contribution is 2.19. The second kappa shape index (κ2) is 5.79. The van der Waals surface area contributed by atoms with Crippen LogP contribution in [0.4, 0.5) is 5.13 Å². The number of anilines is 1. The number of rotatable bonds is 4. The first-order chi connectivity index (χ1) is 9.06. The summed E-state index contributed by atoms with van der Waals surface area (Å²) in [5.74, 6) is 0.470. The lowest BCUT2D eigenvalue weighted by Gasteiger charge is -2.15. The topological polar surface area (TPSA) is 64.1 Å². The first kappa shape index (κ1) is 13.5. The number of nitrogens with zero attached hydrogens (tertiary/aromatic N) is 2. The Kier molecular flexibility index (Phi) is 4.11. The van der Waals surface area contributed by atoms with Gasteiger partial charge in [0.2, 0.25) is 5.13 Å². The molecular weight excluding hydrogens is 262 g/mol. The van der Waals surface area contributed by atoms with Crippen molar-refractivity contribution in [1.29, 1.82) is 0 Å². The van der Waals surface area contributed by atoms with Gasteiger partial charge in [-0.1, -0.05) is 29.5 Å². The van der Waals surface area contributed by atoms with Crippen LogP contribution in [0.5, 0.6) is 5.75 Å². The highest BCUT2D eigenvalue weighted by Gasteiger charge is 2.17. The molecule has 0 aliphatic heterocycles. The number of carbonyl (C=O) groups excluding carboxylic acids is 1. The maximum absolute atomic E-state index is 11.9. The zero-order chi connectivity index (χ0) is 13.8. The number of aryl methyl sites for hydroxylation is 2. The van der Waals surface area contributed by atoms with Crippen LogP contribution in [-0.4, -0.2) is 22.2 Å². The maximum atomic E-state index is 11.9. The van der Waals surface area contributed by atoms with Crippen LogP contribution in [0.3, 0.4) is 0 Å². The van der Waals surface area contributed by atoms with Crippen LogP contribution in [0.15, 0.2) is 24.3 Å². The predicted octanol–water partition coefficient (Wildman–Crippen LogP) is 2.56. The van der Waals surface area contributed by atoms with Crippen LogP contribution < -0.4 is 10.1 Å². The number of hydrogen-bond acceptors (Lipinski definition) is 5. The summed E-state index contributed by atoms with van der Waals surface area (Å²) in [6, 6.07) is 7.58. The molecule has 0 aliphatic carbocycles. The largest absolute Gasteiger partial charge is 0.481 e. The molecule has 2 rings (SSSR count). The van der Waals surface area contributed by atoms with E-state index in [0.29, 0.717) is 10.9 Å². The molecule has 1 unspecified atom stereocenters. The molecule has 1 heterocycles. The van der Waals surface area contributed by atoms with Gasteiger partial charge in [0.15, 0.2) is 6.10 Å². The lowest BCUT2D eigenvalue weighted by atomic mass is 10.2. The molecule has 6 heteroatoms. The fraction of sp³-hybridized carbons (Fsp3) is 0.308. The van der Waals surface area contributed by atoms with Crippen molar-refractivity contribution >= 4 is 22.4 Å². The molecule has 1 amide bonds. The molecule has 100 valence electrons. The number of aromatic nitrogens is 2. The van der Waals surface area contributed by atoms with Crippen molar-refractivity contribution in [2.45, 2.75) is 26.9 Å². The van der Waals surface area contributed by atoms with E-state index in [0.717, 1.165) is 10.6 Å². The lowest BCUT2D eigenvalue weighted by Crippen LogP contribution is -2.30. The number of ether oxygens (including phenoxy) is 1. The summed E-state index contributed by atoms with van der Waals surface area (Å²) in [4.78, 5) is 11.9. The van der Waals surface area contributed by atoms with E-state index in [1.54, 1.807) is 6.92 Å². The number of nitrogens with one attached hydrogen (secondary N) is 1. The average Bonchev–Trinajstić information content (AvgIpc) is 2.77. The minimum Gasteiger partial charge on any atom is -0.481 e. The Labute approximate surface area is 115 Å². The van der Waals surface area contributed by atoms with Gasteiger partial charge in [0.05, 0.1) is 0 Å². The molecule has 0 radical (unpaired) electrons.